The number of halogens is 2. The predicted octanol–water partition coefficient (Wildman–Crippen LogP) is 2.45. The first-order valence-electron chi connectivity index (χ1n) is 5.34. The van der Waals surface area contributed by atoms with E-state index in [2.05, 4.69) is 25.7 Å². The Hall–Kier alpha value is -1.89. The number of imidazole rings is 1. The van der Waals surface area contributed by atoms with Gasteiger partial charge in [0.15, 0.2) is 5.69 Å². The van der Waals surface area contributed by atoms with E-state index >= 15 is 0 Å². The fraction of sp³-hybridized carbons (Fsp3) is 0.167. The number of nitrogens with two attached hydrogens (primary N) is 1. The zero-order valence-corrected chi connectivity index (χ0v) is 11.9. The molecule has 0 saturated heterocycles. The molecule has 0 fully saturated rings. The number of esters is 1. The number of rotatable bonds is 2. The Labute approximate surface area is 117 Å². The molecule has 0 bridgehead atoms. The number of hydrogen-bond acceptors (Lipinski definition) is 4. The molecule has 0 atom stereocenters. The highest BCUT2D eigenvalue weighted by atomic mass is 79.9. The van der Waals surface area contributed by atoms with Crippen molar-refractivity contribution in [2.75, 3.05) is 12.8 Å². The minimum absolute atomic E-state index is 0.0256. The molecule has 0 unspecified atom stereocenters. The summed E-state index contributed by atoms with van der Waals surface area (Å²) in [6.45, 7) is 1.63. The molecule has 1 heterocycles. The van der Waals surface area contributed by atoms with Gasteiger partial charge in [-0.05, 0) is 25.1 Å². The summed E-state index contributed by atoms with van der Waals surface area (Å²) >= 11 is 3.18. The lowest BCUT2D eigenvalue weighted by molar-refractivity contribution is 0.0596. The summed E-state index contributed by atoms with van der Waals surface area (Å²) in [4.78, 5) is 15.5. The quantitative estimate of drug-likeness (QED) is 0.860. The van der Waals surface area contributed by atoms with Gasteiger partial charge in [-0.15, -0.1) is 0 Å². The van der Waals surface area contributed by atoms with E-state index in [-0.39, 0.29) is 17.2 Å². The van der Waals surface area contributed by atoms with Crippen LogP contribution in [0.15, 0.2) is 22.7 Å². The van der Waals surface area contributed by atoms with Crippen molar-refractivity contribution in [3.8, 4) is 5.69 Å². The molecule has 0 aliphatic rings. The monoisotopic (exact) mass is 327 g/mol. The van der Waals surface area contributed by atoms with Crippen LogP contribution < -0.4 is 5.73 Å². The maximum Gasteiger partial charge on any atom is 0.360 e. The molecule has 0 aliphatic carbocycles. The van der Waals surface area contributed by atoms with Crippen LogP contribution in [0, 0.1) is 12.7 Å². The van der Waals surface area contributed by atoms with Crippen molar-refractivity contribution in [1.82, 2.24) is 9.55 Å². The highest BCUT2D eigenvalue weighted by Gasteiger charge is 2.21. The molecule has 5 nitrogen and oxygen atoms in total. The van der Waals surface area contributed by atoms with Crippen LogP contribution in [0.5, 0.6) is 0 Å². The number of nitrogen functional groups attached to an aromatic ring is 1. The Morgan fingerprint density at radius 2 is 2.21 bits per heavy atom. The first-order valence-corrected chi connectivity index (χ1v) is 6.13. The van der Waals surface area contributed by atoms with Crippen LogP contribution >= 0.6 is 15.9 Å². The topological polar surface area (TPSA) is 70.1 Å². The van der Waals surface area contributed by atoms with Gasteiger partial charge in [-0.3, -0.25) is 4.57 Å². The van der Waals surface area contributed by atoms with E-state index in [9.17, 15) is 9.18 Å². The van der Waals surface area contributed by atoms with Crippen LogP contribution in [0.4, 0.5) is 10.2 Å². The number of ether oxygens (including phenoxy) is 1. The lowest BCUT2D eigenvalue weighted by Gasteiger charge is -2.09. The van der Waals surface area contributed by atoms with Crippen molar-refractivity contribution in [2.24, 2.45) is 0 Å². The SMILES string of the molecule is COC(=O)c1nc(C)n(-c2ccc(Br)cc2F)c1N. The van der Waals surface area contributed by atoms with Gasteiger partial charge in [0.05, 0.1) is 12.8 Å². The number of nitrogens with zero attached hydrogens (tertiary/aromatic N) is 2. The number of aromatic nitrogens is 2. The minimum Gasteiger partial charge on any atom is -0.464 e. The third-order valence-corrected chi connectivity index (χ3v) is 3.10. The Bertz CT molecular complexity index is 655. The van der Waals surface area contributed by atoms with Crippen molar-refractivity contribution in [3.63, 3.8) is 0 Å². The van der Waals surface area contributed by atoms with Gasteiger partial charge in [0.2, 0.25) is 0 Å². The van der Waals surface area contributed by atoms with Gasteiger partial charge in [0.1, 0.15) is 17.5 Å². The van der Waals surface area contributed by atoms with Crippen molar-refractivity contribution in [1.29, 1.82) is 0 Å². The van der Waals surface area contributed by atoms with Crippen LogP contribution in [0.2, 0.25) is 0 Å². The van der Waals surface area contributed by atoms with Gasteiger partial charge in [0.25, 0.3) is 0 Å². The van der Waals surface area contributed by atoms with Gasteiger partial charge in [-0.2, -0.15) is 0 Å². The van der Waals surface area contributed by atoms with E-state index < -0.39 is 11.8 Å². The highest BCUT2D eigenvalue weighted by molar-refractivity contribution is 9.10. The molecule has 7 heteroatoms. The van der Waals surface area contributed by atoms with Crippen molar-refractivity contribution >= 4 is 27.7 Å². The van der Waals surface area contributed by atoms with Crippen LogP contribution in [-0.4, -0.2) is 22.6 Å². The molecule has 100 valence electrons. The highest BCUT2D eigenvalue weighted by Crippen LogP contribution is 2.25. The van der Waals surface area contributed by atoms with Crippen molar-refractivity contribution < 1.29 is 13.9 Å². The Morgan fingerprint density at radius 1 is 1.53 bits per heavy atom. The summed E-state index contributed by atoms with van der Waals surface area (Å²) in [5.41, 5.74) is 6.04. The van der Waals surface area contributed by atoms with Crippen LogP contribution in [0.25, 0.3) is 5.69 Å². The van der Waals surface area contributed by atoms with Crippen molar-refractivity contribution in [3.05, 3.63) is 40.0 Å². The second-order valence-corrected chi connectivity index (χ2v) is 4.73. The van der Waals surface area contributed by atoms with Crippen LogP contribution in [0.3, 0.4) is 0 Å². The number of hydrogen-bond donors (Lipinski definition) is 1. The Kier molecular flexibility index (Phi) is 3.57. The fourth-order valence-corrected chi connectivity index (χ4v) is 2.10. The normalized spacial score (nSPS) is 10.5. The zero-order valence-electron chi connectivity index (χ0n) is 10.3. The Balaban J connectivity index is 2.63. The summed E-state index contributed by atoms with van der Waals surface area (Å²) in [5, 5.41) is 0. The number of anilines is 1. The van der Waals surface area contributed by atoms with Crippen LogP contribution in [-0.2, 0) is 4.74 Å². The van der Waals surface area contributed by atoms with Gasteiger partial charge >= 0.3 is 5.97 Å². The molecular weight excluding hydrogens is 317 g/mol. The summed E-state index contributed by atoms with van der Waals surface area (Å²) in [6.07, 6.45) is 0. The standard InChI is InChI=1S/C12H11BrFN3O2/c1-6-16-10(12(18)19-2)11(15)17(6)9-4-3-7(13)5-8(9)14/h3-5H,15H2,1-2H3. The van der Waals surface area contributed by atoms with Gasteiger partial charge in [-0.1, -0.05) is 15.9 Å². The first-order chi connectivity index (χ1) is 8.95. The predicted molar refractivity (Wildman–Crippen MR) is 71.7 cm³/mol. The molecule has 1 aromatic heterocycles. The van der Waals surface area contributed by atoms with E-state index in [0.29, 0.717) is 10.3 Å². The van der Waals surface area contributed by atoms with E-state index in [4.69, 9.17) is 5.73 Å². The number of methoxy groups -OCH3 is 1. The molecule has 2 N–H and O–H groups in total. The third-order valence-electron chi connectivity index (χ3n) is 2.61. The smallest absolute Gasteiger partial charge is 0.360 e. The summed E-state index contributed by atoms with van der Waals surface area (Å²) < 4.78 is 20.5. The molecule has 0 saturated carbocycles. The van der Waals surface area contributed by atoms with E-state index in [1.807, 2.05) is 0 Å². The number of aryl methyl sites for hydroxylation is 1. The van der Waals surface area contributed by atoms with E-state index in [1.165, 1.54) is 17.7 Å². The largest absolute Gasteiger partial charge is 0.464 e. The molecule has 0 aliphatic heterocycles. The zero-order chi connectivity index (χ0) is 14.2. The first kappa shape index (κ1) is 13.5. The minimum atomic E-state index is -0.656. The summed E-state index contributed by atoms with van der Waals surface area (Å²) in [5.74, 6) is -0.681. The second-order valence-electron chi connectivity index (χ2n) is 3.82. The lowest BCUT2D eigenvalue weighted by Crippen LogP contribution is -2.08. The van der Waals surface area contributed by atoms with Crippen LogP contribution in [0.1, 0.15) is 16.3 Å². The maximum absolute atomic E-state index is 13.9. The molecular formula is C12H11BrFN3O2. The second kappa shape index (κ2) is 5.00. The van der Waals surface area contributed by atoms with Gasteiger partial charge in [-0.25, -0.2) is 14.2 Å². The molecule has 0 radical (unpaired) electrons. The number of carbonyl (C=O) groups excluding carboxylic acids is 1. The number of carbonyl (C=O) groups is 1. The molecule has 1 aromatic carbocycles. The lowest BCUT2D eigenvalue weighted by atomic mass is 10.3. The molecule has 2 rings (SSSR count). The average Bonchev–Trinajstić information content (AvgIpc) is 2.65. The third kappa shape index (κ3) is 2.33. The molecule has 0 spiro atoms. The molecule has 19 heavy (non-hydrogen) atoms. The fourth-order valence-electron chi connectivity index (χ4n) is 1.76. The maximum atomic E-state index is 13.9. The molecule has 2 aromatic rings. The van der Waals surface area contributed by atoms with E-state index in [0.717, 1.165) is 0 Å². The number of benzene rings is 1. The van der Waals surface area contributed by atoms with E-state index in [1.54, 1.807) is 19.1 Å². The molecule has 0 amide bonds. The Morgan fingerprint density at radius 3 is 2.79 bits per heavy atom. The summed E-state index contributed by atoms with van der Waals surface area (Å²) in [7, 11) is 1.23. The van der Waals surface area contributed by atoms with Gasteiger partial charge in [0, 0.05) is 4.47 Å². The summed E-state index contributed by atoms with van der Waals surface area (Å²) in [6, 6.07) is 4.53. The average molecular weight is 328 g/mol. The van der Waals surface area contributed by atoms with Gasteiger partial charge < -0.3 is 10.5 Å². The van der Waals surface area contributed by atoms with Crippen molar-refractivity contribution in [2.45, 2.75) is 6.92 Å².